The van der Waals surface area contributed by atoms with E-state index in [0.717, 1.165) is 0 Å². The predicted molar refractivity (Wildman–Crippen MR) is 79.3 cm³/mol. The lowest BCUT2D eigenvalue weighted by molar-refractivity contribution is 0.101. The average molecular weight is 338 g/mol. The summed E-state index contributed by atoms with van der Waals surface area (Å²) in [5.41, 5.74) is 7.30. The van der Waals surface area contributed by atoms with Gasteiger partial charge in [-0.2, -0.15) is 0 Å². The zero-order chi connectivity index (χ0) is 14.7. The van der Waals surface area contributed by atoms with Crippen LogP contribution in [0.4, 0.5) is 10.1 Å². The van der Waals surface area contributed by atoms with Gasteiger partial charge in [-0.25, -0.2) is 4.39 Å². The minimum Gasteiger partial charge on any atom is -0.486 e. The Labute approximate surface area is 124 Å². The van der Waals surface area contributed by atoms with Crippen LogP contribution in [-0.2, 0) is 6.61 Å². The van der Waals surface area contributed by atoms with Crippen LogP contribution in [-0.4, -0.2) is 5.78 Å². The molecule has 20 heavy (non-hydrogen) atoms. The van der Waals surface area contributed by atoms with Crippen molar-refractivity contribution in [2.75, 3.05) is 5.73 Å². The smallest absolute Gasteiger partial charge is 0.163 e. The van der Waals surface area contributed by atoms with Crippen LogP contribution in [0, 0.1) is 5.82 Å². The number of carbonyl (C=O) groups excluding carboxylic acids is 1. The predicted octanol–water partition coefficient (Wildman–Crippen LogP) is 3.95. The first-order valence-corrected chi connectivity index (χ1v) is 6.74. The molecule has 0 saturated carbocycles. The second-order valence-electron chi connectivity index (χ2n) is 4.35. The lowest BCUT2D eigenvalue weighted by atomic mass is 10.1. The van der Waals surface area contributed by atoms with Crippen LogP contribution >= 0.6 is 15.9 Å². The number of hydrogen-bond donors (Lipinski definition) is 1. The summed E-state index contributed by atoms with van der Waals surface area (Å²) in [6.07, 6.45) is 0. The summed E-state index contributed by atoms with van der Waals surface area (Å²) < 4.78 is 19.4. The summed E-state index contributed by atoms with van der Waals surface area (Å²) >= 11 is 3.28. The van der Waals surface area contributed by atoms with E-state index in [0.29, 0.717) is 27.0 Å². The monoisotopic (exact) mass is 337 g/mol. The minimum atomic E-state index is -0.332. The van der Waals surface area contributed by atoms with E-state index in [-0.39, 0.29) is 18.2 Å². The van der Waals surface area contributed by atoms with Crippen LogP contribution in [0.15, 0.2) is 40.9 Å². The SMILES string of the molecule is CC(=O)c1cc(Br)cc(N)c1OCc1cccc(F)c1. The van der Waals surface area contributed by atoms with Crippen LogP contribution in [0.1, 0.15) is 22.8 Å². The molecule has 0 aliphatic rings. The van der Waals surface area contributed by atoms with Gasteiger partial charge in [0.05, 0.1) is 11.3 Å². The molecule has 0 aliphatic carbocycles. The molecule has 0 aromatic heterocycles. The third-order valence-corrected chi connectivity index (χ3v) is 3.19. The summed E-state index contributed by atoms with van der Waals surface area (Å²) in [5, 5.41) is 0. The third kappa shape index (κ3) is 3.36. The summed E-state index contributed by atoms with van der Waals surface area (Å²) in [6, 6.07) is 9.39. The van der Waals surface area contributed by atoms with Crippen molar-refractivity contribution >= 4 is 27.4 Å². The Kier molecular flexibility index (Phi) is 4.39. The zero-order valence-electron chi connectivity index (χ0n) is 10.8. The topological polar surface area (TPSA) is 52.3 Å². The van der Waals surface area contributed by atoms with Gasteiger partial charge in [0.2, 0.25) is 0 Å². The zero-order valence-corrected chi connectivity index (χ0v) is 12.4. The molecule has 0 atom stereocenters. The molecule has 0 amide bonds. The molecule has 104 valence electrons. The van der Waals surface area contributed by atoms with Crippen LogP contribution in [0.5, 0.6) is 5.75 Å². The second kappa shape index (κ2) is 6.05. The standard InChI is InChI=1S/C15H13BrFNO2/c1-9(19)13-6-11(16)7-14(18)15(13)20-8-10-3-2-4-12(17)5-10/h2-7H,8,18H2,1H3. The highest BCUT2D eigenvalue weighted by Crippen LogP contribution is 2.31. The summed E-state index contributed by atoms with van der Waals surface area (Å²) in [6.45, 7) is 1.58. The lowest BCUT2D eigenvalue weighted by Crippen LogP contribution is -2.05. The van der Waals surface area contributed by atoms with Gasteiger partial charge >= 0.3 is 0 Å². The number of anilines is 1. The first-order valence-electron chi connectivity index (χ1n) is 5.94. The number of benzene rings is 2. The molecule has 0 heterocycles. The summed E-state index contributed by atoms with van der Waals surface area (Å²) in [4.78, 5) is 11.6. The number of nitrogen functional groups attached to an aromatic ring is 1. The van der Waals surface area contributed by atoms with Gasteiger partial charge in [0.15, 0.2) is 11.5 Å². The Bertz CT molecular complexity index is 658. The van der Waals surface area contributed by atoms with Gasteiger partial charge in [-0.15, -0.1) is 0 Å². The fraction of sp³-hybridized carbons (Fsp3) is 0.133. The Morgan fingerprint density at radius 3 is 2.75 bits per heavy atom. The van der Waals surface area contributed by atoms with Crippen molar-refractivity contribution in [2.24, 2.45) is 0 Å². The van der Waals surface area contributed by atoms with Gasteiger partial charge in [-0.1, -0.05) is 28.1 Å². The third-order valence-electron chi connectivity index (χ3n) is 2.73. The van der Waals surface area contributed by atoms with Gasteiger partial charge < -0.3 is 10.5 Å². The molecule has 0 aliphatic heterocycles. The van der Waals surface area contributed by atoms with Crippen molar-refractivity contribution in [3.8, 4) is 5.75 Å². The Balaban J connectivity index is 2.27. The highest BCUT2D eigenvalue weighted by molar-refractivity contribution is 9.10. The summed E-state index contributed by atoms with van der Waals surface area (Å²) in [7, 11) is 0. The molecule has 0 saturated heterocycles. The molecule has 3 nitrogen and oxygen atoms in total. The molecule has 5 heteroatoms. The largest absolute Gasteiger partial charge is 0.486 e. The maximum atomic E-state index is 13.1. The fourth-order valence-electron chi connectivity index (χ4n) is 1.82. The first kappa shape index (κ1) is 14.5. The number of ketones is 1. The molecule has 0 fully saturated rings. The van der Waals surface area contributed by atoms with Gasteiger partial charge in [-0.05, 0) is 36.8 Å². The van der Waals surface area contributed by atoms with Gasteiger partial charge in [0.25, 0.3) is 0 Å². The fourth-order valence-corrected chi connectivity index (χ4v) is 2.30. The van der Waals surface area contributed by atoms with Gasteiger partial charge in [0, 0.05) is 4.47 Å². The maximum Gasteiger partial charge on any atom is 0.163 e. The molecule has 0 radical (unpaired) electrons. The average Bonchev–Trinajstić information content (AvgIpc) is 2.36. The molecule has 0 spiro atoms. The van der Waals surface area contributed by atoms with E-state index in [2.05, 4.69) is 15.9 Å². The lowest BCUT2D eigenvalue weighted by Gasteiger charge is -2.13. The van der Waals surface area contributed by atoms with Crippen molar-refractivity contribution < 1.29 is 13.9 Å². The Morgan fingerprint density at radius 2 is 2.10 bits per heavy atom. The molecule has 2 aromatic rings. The van der Waals surface area contributed by atoms with Crippen molar-refractivity contribution in [2.45, 2.75) is 13.5 Å². The van der Waals surface area contributed by atoms with Crippen LogP contribution in [0.3, 0.4) is 0 Å². The van der Waals surface area contributed by atoms with E-state index >= 15 is 0 Å². The molecular weight excluding hydrogens is 325 g/mol. The van der Waals surface area contributed by atoms with Crippen LogP contribution in [0.2, 0.25) is 0 Å². The maximum absolute atomic E-state index is 13.1. The van der Waals surface area contributed by atoms with E-state index < -0.39 is 0 Å². The number of carbonyl (C=O) groups is 1. The van der Waals surface area contributed by atoms with E-state index in [1.807, 2.05) is 0 Å². The second-order valence-corrected chi connectivity index (χ2v) is 5.26. The molecule has 0 bridgehead atoms. The number of rotatable bonds is 4. The van der Waals surface area contributed by atoms with E-state index in [1.54, 1.807) is 24.3 Å². The van der Waals surface area contributed by atoms with Gasteiger partial charge in [0.1, 0.15) is 12.4 Å². The van der Waals surface area contributed by atoms with Crippen molar-refractivity contribution in [3.05, 3.63) is 57.8 Å². The minimum absolute atomic E-state index is 0.143. The Hall–Kier alpha value is -1.88. The van der Waals surface area contributed by atoms with Gasteiger partial charge in [-0.3, -0.25) is 4.79 Å². The quantitative estimate of drug-likeness (QED) is 0.678. The highest BCUT2D eigenvalue weighted by atomic mass is 79.9. The number of nitrogens with two attached hydrogens (primary N) is 1. The molecule has 2 rings (SSSR count). The molecular formula is C15H13BrFNO2. The normalized spacial score (nSPS) is 10.3. The van der Waals surface area contributed by atoms with Crippen molar-refractivity contribution in [1.29, 1.82) is 0 Å². The van der Waals surface area contributed by atoms with E-state index in [9.17, 15) is 9.18 Å². The van der Waals surface area contributed by atoms with Crippen LogP contribution < -0.4 is 10.5 Å². The number of halogens is 2. The first-order chi connectivity index (χ1) is 9.47. The van der Waals surface area contributed by atoms with Crippen molar-refractivity contribution in [1.82, 2.24) is 0 Å². The Morgan fingerprint density at radius 1 is 1.35 bits per heavy atom. The summed E-state index contributed by atoms with van der Waals surface area (Å²) in [5.74, 6) is -0.154. The molecule has 2 aromatic carbocycles. The molecule has 0 unspecified atom stereocenters. The van der Waals surface area contributed by atoms with E-state index in [4.69, 9.17) is 10.5 Å². The van der Waals surface area contributed by atoms with Crippen LogP contribution in [0.25, 0.3) is 0 Å². The highest BCUT2D eigenvalue weighted by Gasteiger charge is 2.13. The van der Waals surface area contributed by atoms with Crippen molar-refractivity contribution in [3.63, 3.8) is 0 Å². The number of hydrogen-bond acceptors (Lipinski definition) is 3. The number of Topliss-reactive ketones (excluding diaryl/α,β-unsaturated/α-hetero) is 1. The molecule has 2 N–H and O–H groups in total. The number of ether oxygens (including phenoxy) is 1. The van der Waals surface area contributed by atoms with E-state index in [1.165, 1.54) is 19.1 Å².